The molecule has 3 aromatic rings. The minimum Gasteiger partial charge on any atom is -0.489 e. The molecule has 1 aliphatic heterocycles. The molecule has 4 rings (SSSR count). The summed E-state index contributed by atoms with van der Waals surface area (Å²) in [5, 5.41) is 9.70. The van der Waals surface area contributed by atoms with E-state index in [1.807, 2.05) is 18.2 Å². The number of halogens is 3. The molecule has 168 valence electrons. The Hall–Kier alpha value is -3.49. The summed E-state index contributed by atoms with van der Waals surface area (Å²) in [6.07, 6.45) is -3.87. The molecule has 3 atom stereocenters. The molecule has 1 amide bonds. The zero-order valence-electron chi connectivity index (χ0n) is 17.3. The van der Waals surface area contributed by atoms with Crippen LogP contribution in [0, 0.1) is 0 Å². The van der Waals surface area contributed by atoms with Gasteiger partial charge in [0.05, 0.1) is 18.8 Å². The highest BCUT2D eigenvalue weighted by molar-refractivity contribution is 5.98. The molecule has 2 aromatic carbocycles. The third-order valence-corrected chi connectivity index (χ3v) is 5.32. The molecule has 0 radical (unpaired) electrons. The Morgan fingerprint density at radius 3 is 2.50 bits per heavy atom. The van der Waals surface area contributed by atoms with Crippen LogP contribution in [-0.4, -0.2) is 34.5 Å². The highest BCUT2D eigenvalue weighted by Crippen LogP contribution is 2.44. The van der Waals surface area contributed by atoms with E-state index in [0.717, 1.165) is 4.68 Å². The topological polar surface area (TPSA) is 68.2 Å². The van der Waals surface area contributed by atoms with E-state index in [-0.39, 0.29) is 30.5 Å². The number of carbonyl (C=O) groups excluding carboxylic acids is 1. The number of aromatic nitrogens is 2. The van der Waals surface area contributed by atoms with E-state index >= 15 is 0 Å². The highest BCUT2D eigenvalue weighted by atomic mass is 19.4. The van der Waals surface area contributed by atoms with Crippen molar-refractivity contribution >= 4 is 11.7 Å². The number of nitrogens with zero attached hydrogens (tertiary/aromatic N) is 2. The molecule has 0 saturated heterocycles. The van der Waals surface area contributed by atoms with E-state index in [9.17, 15) is 18.0 Å². The third kappa shape index (κ3) is 4.71. The fourth-order valence-corrected chi connectivity index (χ4v) is 3.74. The lowest BCUT2D eigenvalue weighted by atomic mass is 9.96. The number of fused-ring (bicyclic) bond motifs is 1. The summed E-state index contributed by atoms with van der Waals surface area (Å²) in [5.41, 5.74) is 0.775. The maximum absolute atomic E-state index is 13.8. The van der Waals surface area contributed by atoms with Gasteiger partial charge in [-0.25, -0.2) is 4.68 Å². The summed E-state index contributed by atoms with van der Waals surface area (Å²) >= 11 is 0. The predicted molar refractivity (Wildman–Crippen MR) is 114 cm³/mol. The van der Waals surface area contributed by atoms with Crippen molar-refractivity contribution in [2.45, 2.75) is 37.7 Å². The molecular formula is C23H23F3N4O2. The molecule has 2 N–H and O–H groups in total. The highest BCUT2D eigenvalue weighted by Gasteiger charge is 2.47. The van der Waals surface area contributed by atoms with Gasteiger partial charge in [-0.15, -0.1) is 0 Å². The zero-order chi connectivity index (χ0) is 22.7. The van der Waals surface area contributed by atoms with Crippen molar-refractivity contribution in [3.8, 4) is 5.75 Å². The van der Waals surface area contributed by atoms with Crippen LogP contribution in [0.4, 0.5) is 19.0 Å². The minimum absolute atomic E-state index is 0.0570. The number of rotatable bonds is 6. The van der Waals surface area contributed by atoms with Gasteiger partial charge >= 0.3 is 6.18 Å². The predicted octanol–water partition coefficient (Wildman–Crippen LogP) is 4.74. The second kappa shape index (κ2) is 8.94. The Kier molecular flexibility index (Phi) is 6.07. The molecule has 32 heavy (non-hydrogen) atoms. The molecule has 0 saturated carbocycles. The quantitative estimate of drug-likeness (QED) is 0.576. The molecule has 2 heterocycles. The SMILES string of the molecule is CC(CNC(=O)c1cnn2c1N[C@@H](c1ccccc1)C[C@H]2C(F)(F)F)Oc1ccccc1. The monoisotopic (exact) mass is 444 g/mol. The zero-order valence-corrected chi connectivity index (χ0v) is 17.3. The number of benzene rings is 2. The van der Waals surface area contributed by atoms with Crippen LogP contribution >= 0.6 is 0 Å². The first-order chi connectivity index (χ1) is 15.3. The van der Waals surface area contributed by atoms with Gasteiger partial charge in [0.2, 0.25) is 0 Å². The van der Waals surface area contributed by atoms with Crippen LogP contribution in [0.5, 0.6) is 5.75 Å². The summed E-state index contributed by atoms with van der Waals surface area (Å²) < 4.78 is 47.9. The van der Waals surface area contributed by atoms with Crippen molar-refractivity contribution in [1.29, 1.82) is 0 Å². The van der Waals surface area contributed by atoms with E-state index in [2.05, 4.69) is 15.7 Å². The standard InChI is InChI=1S/C23H23F3N4O2/c1-15(32-17-10-6-3-7-11-17)13-27-22(31)18-14-28-30-20(23(24,25)26)12-19(29-21(18)30)16-8-4-2-5-9-16/h2-11,14-15,19-20,29H,12-13H2,1H3,(H,27,31)/t15?,19-,20+/m1/s1. The summed E-state index contributed by atoms with van der Waals surface area (Å²) in [4.78, 5) is 12.8. The smallest absolute Gasteiger partial charge is 0.410 e. The van der Waals surface area contributed by atoms with E-state index in [1.165, 1.54) is 6.20 Å². The number of hydrogen-bond donors (Lipinski definition) is 2. The van der Waals surface area contributed by atoms with Gasteiger partial charge < -0.3 is 15.4 Å². The van der Waals surface area contributed by atoms with Crippen molar-refractivity contribution in [2.75, 3.05) is 11.9 Å². The lowest BCUT2D eigenvalue weighted by Crippen LogP contribution is -2.37. The largest absolute Gasteiger partial charge is 0.489 e. The van der Waals surface area contributed by atoms with Gasteiger partial charge in [-0.05, 0) is 24.6 Å². The van der Waals surface area contributed by atoms with Crippen LogP contribution in [-0.2, 0) is 0 Å². The van der Waals surface area contributed by atoms with Crippen LogP contribution in [0.3, 0.4) is 0 Å². The number of nitrogens with one attached hydrogen (secondary N) is 2. The first-order valence-electron chi connectivity index (χ1n) is 10.3. The summed E-state index contributed by atoms with van der Waals surface area (Å²) in [6.45, 7) is 1.98. The number of ether oxygens (including phenoxy) is 1. The molecule has 1 aromatic heterocycles. The van der Waals surface area contributed by atoms with Crippen LogP contribution in [0.1, 0.15) is 41.3 Å². The summed E-state index contributed by atoms with van der Waals surface area (Å²) in [5.74, 6) is 0.205. The fraction of sp³-hybridized carbons (Fsp3) is 0.304. The average molecular weight is 444 g/mol. The maximum atomic E-state index is 13.8. The lowest BCUT2D eigenvalue weighted by Gasteiger charge is -2.34. The van der Waals surface area contributed by atoms with Crippen LogP contribution in [0.2, 0.25) is 0 Å². The summed E-state index contributed by atoms with van der Waals surface area (Å²) in [7, 11) is 0. The van der Waals surface area contributed by atoms with Crippen LogP contribution in [0.15, 0.2) is 66.9 Å². The van der Waals surface area contributed by atoms with Crippen molar-refractivity contribution in [3.63, 3.8) is 0 Å². The average Bonchev–Trinajstić information content (AvgIpc) is 3.21. The Morgan fingerprint density at radius 1 is 1.19 bits per heavy atom. The van der Waals surface area contributed by atoms with Gasteiger partial charge in [0, 0.05) is 6.42 Å². The number of amides is 1. The van der Waals surface area contributed by atoms with E-state index in [0.29, 0.717) is 11.3 Å². The first-order valence-corrected chi connectivity index (χ1v) is 10.3. The number of alkyl halides is 3. The number of para-hydroxylation sites is 1. The Labute approximate surface area is 183 Å². The van der Waals surface area contributed by atoms with Crippen LogP contribution in [0.25, 0.3) is 0 Å². The van der Waals surface area contributed by atoms with Crippen molar-refractivity contribution in [3.05, 3.63) is 78.0 Å². The van der Waals surface area contributed by atoms with Gasteiger partial charge in [-0.2, -0.15) is 18.3 Å². The Balaban J connectivity index is 1.51. The van der Waals surface area contributed by atoms with E-state index in [4.69, 9.17) is 4.74 Å². The molecule has 1 unspecified atom stereocenters. The van der Waals surface area contributed by atoms with Gasteiger partial charge in [0.1, 0.15) is 23.2 Å². The molecule has 0 bridgehead atoms. The van der Waals surface area contributed by atoms with Gasteiger partial charge in [0.25, 0.3) is 5.91 Å². The molecular weight excluding hydrogens is 421 g/mol. The molecule has 0 spiro atoms. The number of carbonyl (C=O) groups is 1. The molecule has 0 fully saturated rings. The number of anilines is 1. The van der Waals surface area contributed by atoms with E-state index in [1.54, 1.807) is 49.4 Å². The molecule has 0 aliphatic carbocycles. The Morgan fingerprint density at radius 2 is 1.84 bits per heavy atom. The van der Waals surface area contributed by atoms with Crippen molar-refractivity contribution in [2.24, 2.45) is 0 Å². The minimum atomic E-state index is -4.50. The lowest BCUT2D eigenvalue weighted by molar-refractivity contribution is -0.173. The fourth-order valence-electron chi connectivity index (χ4n) is 3.74. The molecule has 6 nitrogen and oxygen atoms in total. The molecule has 1 aliphatic rings. The Bertz CT molecular complexity index is 1050. The second-order valence-corrected chi connectivity index (χ2v) is 7.70. The van der Waals surface area contributed by atoms with Crippen molar-refractivity contribution in [1.82, 2.24) is 15.1 Å². The second-order valence-electron chi connectivity index (χ2n) is 7.70. The maximum Gasteiger partial charge on any atom is 0.410 e. The number of hydrogen-bond acceptors (Lipinski definition) is 4. The van der Waals surface area contributed by atoms with E-state index < -0.39 is 24.2 Å². The van der Waals surface area contributed by atoms with Gasteiger partial charge in [-0.3, -0.25) is 4.79 Å². The summed E-state index contributed by atoms with van der Waals surface area (Å²) in [6, 6.07) is 15.6. The normalized spacial score (nSPS) is 18.9. The van der Waals surface area contributed by atoms with Crippen molar-refractivity contribution < 1.29 is 22.7 Å². The molecule has 9 heteroatoms. The van der Waals surface area contributed by atoms with Gasteiger partial charge in [-0.1, -0.05) is 48.5 Å². The third-order valence-electron chi connectivity index (χ3n) is 5.32. The van der Waals surface area contributed by atoms with Gasteiger partial charge in [0.15, 0.2) is 6.04 Å². The van der Waals surface area contributed by atoms with Crippen LogP contribution < -0.4 is 15.4 Å². The first kappa shape index (κ1) is 21.7.